The first-order chi connectivity index (χ1) is 17.1. The van der Waals surface area contributed by atoms with E-state index in [0.29, 0.717) is 0 Å². The number of hydrogen-bond acceptors (Lipinski definition) is 4. The molecule has 0 N–H and O–H groups in total. The Hall–Kier alpha value is -2.38. The maximum Gasteiger partial charge on any atom is 0.200 e. The van der Waals surface area contributed by atoms with Crippen LogP contribution in [0.25, 0.3) is 0 Å². The molecule has 0 heterocycles. The first kappa shape index (κ1) is 29.2. The van der Waals surface area contributed by atoms with Crippen LogP contribution < -0.4 is 0 Å². The maximum absolute atomic E-state index is 14.1. The van der Waals surface area contributed by atoms with Gasteiger partial charge in [0, 0.05) is 0 Å². The van der Waals surface area contributed by atoms with Gasteiger partial charge in [-0.1, -0.05) is 0 Å². The van der Waals surface area contributed by atoms with Gasteiger partial charge in [-0.2, -0.15) is 0 Å². The molecule has 0 spiro atoms. The normalized spacial score (nSPS) is 11.7. The Balaban J connectivity index is 2.22. The van der Waals surface area contributed by atoms with Gasteiger partial charge in [-0.05, 0) is 35.8 Å². The van der Waals surface area contributed by atoms with Gasteiger partial charge >= 0.3 is 0 Å². The molecule has 0 bridgehead atoms. The molecule has 0 amide bonds. The molecule has 0 aliphatic rings. The van der Waals surface area contributed by atoms with Gasteiger partial charge in [0.25, 0.3) is 0 Å². The lowest BCUT2D eigenvalue weighted by atomic mass is 10.3. The van der Waals surface area contributed by atoms with E-state index in [0.717, 1.165) is 0 Å². The van der Waals surface area contributed by atoms with E-state index in [2.05, 4.69) is 0 Å². The molecule has 0 aliphatic carbocycles. The standard InChI is InChI=1S/C18F15NS3/c19-1-4(22)10(28)16(11(29)5(1)23)35-34(36-17-12(30)6(24)2(20)7(25)13(17)31)37-18-14(32)8(26)3(21)9(27)15(18)33. The van der Waals surface area contributed by atoms with Crippen molar-refractivity contribution in [3.8, 4) is 0 Å². The van der Waals surface area contributed by atoms with Crippen LogP contribution in [0.2, 0.25) is 0 Å². The van der Waals surface area contributed by atoms with E-state index in [1.165, 1.54) is 0 Å². The van der Waals surface area contributed by atoms with Crippen molar-refractivity contribution >= 4 is 35.8 Å². The van der Waals surface area contributed by atoms with Crippen molar-refractivity contribution in [1.29, 1.82) is 0 Å². The molecule has 0 fully saturated rings. The second-order valence-corrected chi connectivity index (χ2v) is 9.76. The number of rotatable bonds is 6. The summed E-state index contributed by atoms with van der Waals surface area (Å²) >= 11 is -2.54. The predicted molar refractivity (Wildman–Crippen MR) is 98.1 cm³/mol. The lowest BCUT2D eigenvalue weighted by Crippen LogP contribution is -2.10. The van der Waals surface area contributed by atoms with Crippen molar-refractivity contribution in [1.82, 2.24) is 3.12 Å². The molecule has 0 aliphatic heterocycles. The molecule has 0 aromatic heterocycles. The minimum Gasteiger partial charge on any atom is -0.202 e. The molecule has 3 aromatic carbocycles. The Morgan fingerprint density at radius 3 is 0.541 bits per heavy atom. The summed E-state index contributed by atoms with van der Waals surface area (Å²) in [6.07, 6.45) is 0. The van der Waals surface area contributed by atoms with E-state index in [4.69, 9.17) is 0 Å². The maximum atomic E-state index is 14.1. The molecule has 1 nitrogen and oxygen atoms in total. The average molecular weight is 611 g/mol. The van der Waals surface area contributed by atoms with Gasteiger partial charge in [0.15, 0.2) is 69.8 Å². The summed E-state index contributed by atoms with van der Waals surface area (Å²) in [5.41, 5.74) is 0. The first-order valence-electron chi connectivity index (χ1n) is 8.49. The van der Waals surface area contributed by atoms with Crippen LogP contribution in [0.4, 0.5) is 65.9 Å². The fourth-order valence-electron chi connectivity index (χ4n) is 2.27. The molecular weight excluding hydrogens is 611 g/mol. The molecule has 0 atom stereocenters. The Kier molecular flexibility index (Phi) is 8.50. The van der Waals surface area contributed by atoms with E-state index >= 15 is 0 Å². The third-order valence-corrected chi connectivity index (χ3v) is 7.42. The van der Waals surface area contributed by atoms with Gasteiger partial charge in [0.1, 0.15) is 14.7 Å². The third-order valence-electron chi connectivity index (χ3n) is 4.01. The van der Waals surface area contributed by atoms with Crippen LogP contribution in [0.15, 0.2) is 14.7 Å². The zero-order valence-corrected chi connectivity index (χ0v) is 18.8. The second kappa shape index (κ2) is 10.8. The van der Waals surface area contributed by atoms with Crippen molar-refractivity contribution < 1.29 is 65.9 Å². The molecule has 0 unspecified atom stereocenters. The third kappa shape index (κ3) is 5.05. The van der Waals surface area contributed by atoms with Crippen LogP contribution in [0.1, 0.15) is 0 Å². The molecule has 0 saturated carbocycles. The van der Waals surface area contributed by atoms with Gasteiger partial charge in [-0.3, -0.25) is 0 Å². The zero-order chi connectivity index (χ0) is 28.1. The quantitative estimate of drug-likeness (QED) is 0.119. The fraction of sp³-hybridized carbons (Fsp3) is 0. The number of benzene rings is 3. The molecule has 37 heavy (non-hydrogen) atoms. The van der Waals surface area contributed by atoms with Crippen molar-refractivity contribution in [2.45, 2.75) is 14.7 Å². The summed E-state index contributed by atoms with van der Waals surface area (Å²) in [4.78, 5) is -5.86. The molecule has 0 saturated heterocycles. The Bertz CT molecular complexity index is 1170. The summed E-state index contributed by atoms with van der Waals surface area (Å²) in [6, 6.07) is 0. The Morgan fingerprint density at radius 2 is 0.378 bits per heavy atom. The highest BCUT2D eigenvalue weighted by Crippen LogP contribution is 2.48. The van der Waals surface area contributed by atoms with E-state index in [9.17, 15) is 65.9 Å². The number of hydrogen-bond donors (Lipinski definition) is 0. The van der Waals surface area contributed by atoms with Crippen LogP contribution in [-0.2, 0) is 0 Å². The van der Waals surface area contributed by atoms with Gasteiger partial charge in [0.2, 0.25) is 17.5 Å². The van der Waals surface area contributed by atoms with Crippen LogP contribution in [0.3, 0.4) is 0 Å². The second-order valence-electron chi connectivity index (χ2n) is 6.19. The minimum absolute atomic E-state index is 0.338. The predicted octanol–water partition coefficient (Wildman–Crippen LogP) is 8.50. The van der Waals surface area contributed by atoms with Crippen molar-refractivity contribution in [2.24, 2.45) is 0 Å². The van der Waals surface area contributed by atoms with Crippen molar-refractivity contribution in [3.05, 3.63) is 87.3 Å². The van der Waals surface area contributed by atoms with E-state index < -0.39 is 138 Å². The van der Waals surface area contributed by atoms with E-state index in [-0.39, 0.29) is 3.12 Å². The smallest absolute Gasteiger partial charge is 0.200 e. The van der Waals surface area contributed by atoms with Crippen LogP contribution in [0, 0.1) is 87.3 Å². The lowest BCUT2D eigenvalue weighted by Gasteiger charge is -2.21. The summed E-state index contributed by atoms with van der Waals surface area (Å²) in [7, 11) is 0. The van der Waals surface area contributed by atoms with Crippen LogP contribution in [-0.4, -0.2) is 3.12 Å². The highest BCUT2D eigenvalue weighted by atomic mass is 32.3. The lowest BCUT2D eigenvalue weighted by molar-refractivity contribution is 0.359. The Morgan fingerprint density at radius 1 is 0.243 bits per heavy atom. The number of nitrogens with zero attached hydrogens (tertiary/aromatic N) is 1. The average Bonchev–Trinajstić information content (AvgIpc) is 2.88. The molecule has 3 aromatic rings. The van der Waals surface area contributed by atoms with Crippen molar-refractivity contribution in [2.75, 3.05) is 0 Å². The largest absolute Gasteiger partial charge is 0.202 e. The van der Waals surface area contributed by atoms with Crippen LogP contribution >= 0.6 is 35.8 Å². The molecular formula is C18F15NS3. The Labute approximate surface area is 207 Å². The zero-order valence-electron chi connectivity index (χ0n) is 16.3. The van der Waals surface area contributed by atoms with E-state index in [1.807, 2.05) is 0 Å². The summed E-state index contributed by atoms with van der Waals surface area (Å²) in [5.74, 6) is -39.4. The van der Waals surface area contributed by atoms with Crippen LogP contribution in [0.5, 0.6) is 0 Å². The SMILES string of the molecule is Fc1c(F)c(F)c(SN(Sc2c(F)c(F)c(F)c(F)c2F)Sc2c(F)c(F)c(F)c(F)c2F)c(F)c1F. The fourth-order valence-corrected chi connectivity index (χ4v) is 5.53. The molecule has 3 rings (SSSR count). The van der Waals surface area contributed by atoms with Gasteiger partial charge in [0.05, 0.1) is 0 Å². The first-order valence-corrected chi connectivity index (χ1v) is 10.8. The van der Waals surface area contributed by atoms with E-state index in [1.54, 1.807) is 0 Å². The highest BCUT2D eigenvalue weighted by Gasteiger charge is 2.34. The topological polar surface area (TPSA) is 3.24 Å². The summed E-state index contributed by atoms with van der Waals surface area (Å²) in [6.45, 7) is 0. The summed E-state index contributed by atoms with van der Waals surface area (Å²) in [5, 5.41) is 0. The van der Waals surface area contributed by atoms with Gasteiger partial charge in [-0.25, -0.2) is 65.9 Å². The van der Waals surface area contributed by atoms with Crippen molar-refractivity contribution in [3.63, 3.8) is 0 Å². The monoisotopic (exact) mass is 611 g/mol. The molecule has 0 radical (unpaired) electrons. The van der Waals surface area contributed by atoms with Gasteiger partial charge in [-0.15, -0.1) is 3.12 Å². The molecule has 200 valence electrons. The van der Waals surface area contributed by atoms with Gasteiger partial charge < -0.3 is 0 Å². The summed E-state index contributed by atoms with van der Waals surface area (Å²) < 4.78 is 205. The minimum atomic E-state index is -2.69. The molecule has 19 heteroatoms. The highest BCUT2D eigenvalue weighted by molar-refractivity contribution is 8.25. The number of halogens is 15.